The van der Waals surface area contributed by atoms with Crippen LogP contribution in [0.15, 0.2) is 18.3 Å². The van der Waals surface area contributed by atoms with Crippen LogP contribution in [-0.4, -0.2) is 22.5 Å². The monoisotopic (exact) mass is 263 g/mol. The van der Waals surface area contributed by atoms with Crippen LogP contribution in [0.25, 0.3) is 11.4 Å². The number of esters is 1. The summed E-state index contributed by atoms with van der Waals surface area (Å²) < 4.78 is 4.99. The summed E-state index contributed by atoms with van der Waals surface area (Å²) in [6.45, 7) is 3.98. The van der Waals surface area contributed by atoms with Crippen LogP contribution in [0.5, 0.6) is 0 Å². The lowest BCUT2D eigenvalue weighted by Gasteiger charge is -2.04. The number of nitrogens with zero attached hydrogens (tertiary/aromatic N) is 2. The molecule has 0 fully saturated rings. The van der Waals surface area contributed by atoms with Crippen LogP contribution in [0.4, 0.5) is 5.13 Å². The molecule has 0 aromatic carbocycles. The molecule has 0 aliphatic rings. The molecule has 0 radical (unpaired) electrons. The molecule has 2 N–H and O–H groups in total. The second kappa shape index (κ2) is 5.14. The van der Waals surface area contributed by atoms with Crippen LogP contribution in [0, 0.1) is 6.92 Å². The highest BCUT2D eigenvalue weighted by Crippen LogP contribution is 2.30. The fourth-order valence-corrected chi connectivity index (χ4v) is 2.29. The number of ether oxygens (including phenoxy) is 1. The quantitative estimate of drug-likeness (QED) is 0.859. The zero-order valence-corrected chi connectivity index (χ0v) is 11.0. The van der Waals surface area contributed by atoms with E-state index >= 15 is 0 Å². The molecule has 18 heavy (non-hydrogen) atoms. The van der Waals surface area contributed by atoms with Crippen LogP contribution in [0.2, 0.25) is 0 Å². The maximum atomic E-state index is 11.8. The smallest absolute Gasteiger partial charge is 0.350 e. The third kappa shape index (κ3) is 2.33. The van der Waals surface area contributed by atoms with E-state index in [4.69, 9.17) is 10.5 Å². The Balaban J connectivity index is 2.51. The first-order chi connectivity index (χ1) is 8.63. The van der Waals surface area contributed by atoms with Crippen molar-refractivity contribution in [2.45, 2.75) is 13.8 Å². The number of rotatable bonds is 3. The normalized spacial score (nSPS) is 10.3. The van der Waals surface area contributed by atoms with Gasteiger partial charge in [0.2, 0.25) is 0 Å². The van der Waals surface area contributed by atoms with E-state index in [1.54, 1.807) is 13.1 Å². The van der Waals surface area contributed by atoms with Crippen molar-refractivity contribution < 1.29 is 9.53 Å². The first kappa shape index (κ1) is 12.5. The predicted molar refractivity (Wildman–Crippen MR) is 70.5 cm³/mol. The Morgan fingerprint density at radius 1 is 1.50 bits per heavy atom. The third-order valence-electron chi connectivity index (χ3n) is 2.34. The number of anilines is 1. The molecule has 94 valence electrons. The Bertz CT molecular complexity index is 580. The average molecular weight is 263 g/mol. The van der Waals surface area contributed by atoms with Gasteiger partial charge in [0.05, 0.1) is 12.3 Å². The largest absolute Gasteiger partial charge is 0.462 e. The fraction of sp³-hybridized carbons (Fsp3) is 0.250. The summed E-state index contributed by atoms with van der Waals surface area (Å²) in [6, 6.07) is 3.74. The minimum absolute atomic E-state index is 0.317. The molecule has 0 saturated heterocycles. The Labute approximate surface area is 109 Å². The lowest BCUT2D eigenvalue weighted by molar-refractivity contribution is 0.0532. The number of carbonyl (C=O) groups is 1. The number of thiazole rings is 1. The van der Waals surface area contributed by atoms with Gasteiger partial charge in [-0.3, -0.25) is 4.98 Å². The van der Waals surface area contributed by atoms with Crippen molar-refractivity contribution in [3.05, 3.63) is 28.8 Å². The van der Waals surface area contributed by atoms with Gasteiger partial charge in [-0.1, -0.05) is 17.4 Å². The molecule has 0 unspecified atom stereocenters. The number of nitrogen functional groups attached to an aromatic ring is 1. The highest BCUT2D eigenvalue weighted by molar-refractivity contribution is 7.17. The van der Waals surface area contributed by atoms with Gasteiger partial charge in [-0.05, 0) is 25.5 Å². The molecular formula is C12H13N3O2S. The van der Waals surface area contributed by atoms with Gasteiger partial charge in [0, 0.05) is 6.20 Å². The Kier molecular flexibility index (Phi) is 3.57. The van der Waals surface area contributed by atoms with Crippen LogP contribution in [0.1, 0.15) is 22.2 Å². The molecule has 0 saturated carbocycles. The van der Waals surface area contributed by atoms with Gasteiger partial charge < -0.3 is 10.5 Å². The molecule has 0 bridgehead atoms. The topological polar surface area (TPSA) is 78.1 Å². The van der Waals surface area contributed by atoms with E-state index in [1.165, 1.54) is 0 Å². The molecule has 2 aromatic heterocycles. The fourth-order valence-electron chi connectivity index (χ4n) is 1.57. The van der Waals surface area contributed by atoms with Gasteiger partial charge in [0.1, 0.15) is 10.6 Å². The molecule has 0 atom stereocenters. The van der Waals surface area contributed by atoms with E-state index < -0.39 is 5.97 Å². The Morgan fingerprint density at radius 3 is 2.94 bits per heavy atom. The van der Waals surface area contributed by atoms with Crippen molar-refractivity contribution in [3.8, 4) is 11.4 Å². The summed E-state index contributed by atoms with van der Waals surface area (Å²) in [5.41, 5.74) is 7.77. The summed E-state index contributed by atoms with van der Waals surface area (Å²) in [5.74, 6) is -0.410. The number of nitrogens with two attached hydrogens (primary N) is 1. The van der Waals surface area contributed by atoms with Gasteiger partial charge >= 0.3 is 5.97 Å². The van der Waals surface area contributed by atoms with E-state index in [-0.39, 0.29) is 0 Å². The van der Waals surface area contributed by atoms with E-state index in [2.05, 4.69) is 9.97 Å². The minimum Gasteiger partial charge on any atom is -0.462 e. The standard InChI is InChI=1S/C12H13N3O2S/c1-3-17-11(16)10-9(15-12(13)18-10)8-7(2)5-4-6-14-8/h4-6H,3H2,1-2H3,(H2,13,15). The van der Waals surface area contributed by atoms with E-state index in [9.17, 15) is 4.79 Å². The highest BCUT2D eigenvalue weighted by Gasteiger charge is 2.21. The average Bonchev–Trinajstić information content (AvgIpc) is 2.72. The predicted octanol–water partition coefficient (Wildman–Crippen LogP) is 2.27. The van der Waals surface area contributed by atoms with Gasteiger partial charge in [0.15, 0.2) is 5.13 Å². The Hall–Kier alpha value is -1.95. The number of aryl methyl sites for hydroxylation is 1. The van der Waals surface area contributed by atoms with Gasteiger partial charge in [0.25, 0.3) is 0 Å². The lowest BCUT2D eigenvalue weighted by Crippen LogP contribution is -2.04. The Morgan fingerprint density at radius 2 is 2.28 bits per heavy atom. The molecule has 0 aliphatic carbocycles. The summed E-state index contributed by atoms with van der Waals surface area (Å²) in [6.07, 6.45) is 1.66. The molecule has 2 heterocycles. The molecular weight excluding hydrogens is 250 g/mol. The first-order valence-electron chi connectivity index (χ1n) is 5.49. The first-order valence-corrected chi connectivity index (χ1v) is 6.30. The van der Waals surface area contributed by atoms with Crippen LogP contribution < -0.4 is 5.73 Å². The van der Waals surface area contributed by atoms with Crippen molar-refractivity contribution in [2.75, 3.05) is 12.3 Å². The molecule has 0 aliphatic heterocycles. The third-order valence-corrected chi connectivity index (χ3v) is 3.20. The molecule has 5 nitrogen and oxygen atoms in total. The number of hydrogen-bond donors (Lipinski definition) is 1. The summed E-state index contributed by atoms with van der Waals surface area (Å²) in [4.78, 5) is 20.7. The number of aromatic nitrogens is 2. The number of hydrogen-bond acceptors (Lipinski definition) is 6. The van der Waals surface area contributed by atoms with Crippen molar-refractivity contribution in [3.63, 3.8) is 0 Å². The second-order valence-electron chi connectivity index (χ2n) is 3.62. The molecule has 2 aromatic rings. The van der Waals surface area contributed by atoms with Crippen LogP contribution in [0.3, 0.4) is 0 Å². The van der Waals surface area contributed by atoms with Crippen molar-refractivity contribution >= 4 is 22.4 Å². The van der Waals surface area contributed by atoms with Gasteiger partial charge in [-0.15, -0.1) is 0 Å². The van der Waals surface area contributed by atoms with Crippen LogP contribution >= 0.6 is 11.3 Å². The van der Waals surface area contributed by atoms with Crippen molar-refractivity contribution in [1.29, 1.82) is 0 Å². The summed E-state index contributed by atoms with van der Waals surface area (Å²) in [5, 5.41) is 0.332. The molecule has 6 heteroatoms. The summed E-state index contributed by atoms with van der Waals surface area (Å²) >= 11 is 1.12. The summed E-state index contributed by atoms with van der Waals surface area (Å²) in [7, 11) is 0. The zero-order chi connectivity index (χ0) is 13.1. The lowest BCUT2D eigenvalue weighted by atomic mass is 10.1. The van der Waals surface area contributed by atoms with Crippen molar-refractivity contribution in [1.82, 2.24) is 9.97 Å². The SMILES string of the molecule is CCOC(=O)c1sc(N)nc1-c1ncccc1C. The number of carbonyl (C=O) groups excluding carboxylic acids is 1. The van der Waals surface area contributed by atoms with E-state index in [0.29, 0.717) is 28.0 Å². The molecule has 2 rings (SSSR count). The van der Waals surface area contributed by atoms with Gasteiger partial charge in [-0.25, -0.2) is 9.78 Å². The second-order valence-corrected chi connectivity index (χ2v) is 4.65. The van der Waals surface area contributed by atoms with Gasteiger partial charge in [-0.2, -0.15) is 0 Å². The highest BCUT2D eigenvalue weighted by atomic mass is 32.1. The maximum Gasteiger partial charge on any atom is 0.350 e. The molecule has 0 spiro atoms. The number of pyridine rings is 1. The maximum absolute atomic E-state index is 11.8. The van der Waals surface area contributed by atoms with Crippen molar-refractivity contribution in [2.24, 2.45) is 0 Å². The van der Waals surface area contributed by atoms with E-state index in [1.807, 2.05) is 19.1 Å². The molecule has 0 amide bonds. The van der Waals surface area contributed by atoms with E-state index in [0.717, 1.165) is 16.9 Å². The van der Waals surface area contributed by atoms with Crippen LogP contribution in [-0.2, 0) is 4.74 Å². The zero-order valence-electron chi connectivity index (χ0n) is 10.1. The minimum atomic E-state index is -0.410.